The van der Waals surface area contributed by atoms with Crippen LogP contribution in [0.15, 0.2) is 12.1 Å². The standard InChI is InChI=1S/C16H26N2O2/c1-12(10-17)4-6-18-7-5-13-8-15(19-2)16(20-3)9-14(13)11-18/h8-9,12H,4-7,10-11,17H2,1-3H3. The van der Waals surface area contributed by atoms with Crippen molar-refractivity contribution in [2.45, 2.75) is 26.3 Å². The van der Waals surface area contributed by atoms with E-state index in [1.54, 1.807) is 14.2 Å². The van der Waals surface area contributed by atoms with E-state index in [0.29, 0.717) is 5.92 Å². The Morgan fingerprint density at radius 2 is 1.85 bits per heavy atom. The number of hydrogen-bond acceptors (Lipinski definition) is 4. The molecule has 112 valence electrons. The topological polar surface area (TPSA) is 47.7 Å². The molecule has 1 aromatic carbocycles. The number of fused-ring (bicyclic) bond motifs is 1. The molecule has 2 N–H and O–H groups in total. The molecule has 0 amide bonds. The fourth-order valence-corrected chi connectivity index (χ4v) is 2.65. The lowest BCUT2D eigenvalue weighted by atomic mass is 9.98. The molecule has 2 rings (SSSR count). The van der Waals surface area contributed by atoms with Gasteiger partial charge in [0.1, 0.15) is 0 Å². The molecule has 1 aromatic rings. The zero-order valence-corrected chi connectivity index (χ0v) is 12.8. The maximum atomic E-state index is 5.69. The van der Waals surface area contributed by atoms with Gasteiger partial charge < -0.3 is 15.2 Å². The van der Waals surface area contributed by atoms with Gasteiger partial charge in [0.15, 0.2) is 11.5 Å². The van der Waals surface area contributed by atoms with E-state index in [1.807, 2.05) is 0 Å². The summed E-state index contributed by atoms with van der Waals surface area (Å²) in [4.78, 5) is 2.50. The zero-order valence-electron chi connectivity index (χ0n) is 12.8. The molecule has 0 saturated carbocycles. The normalized spacial score (nSPS) is 16.6. The number of methoxy groups -OCH3 is 2. The summed E-state index contributed by atoms with van der Waals surface area (Å²) in [5.74, 6) is 2.25. The van der Waals surface area contributed by atoms with E-state index in [2.05, 4.69) is 24.0 Å². The van der Waals surface area contributed by atoms with Crippen LogP contribution in [-0.4, -0.2) is 38.8 Å². The Hall–Kier alpha value is -1.26. The van der Waals surface area contributed by atoms with Crippen molar-refractivity contribution in [3.63, 3.8) is 0 Å². The first-order valence-electron chi connectivity index (χ1n) is 7.34. The van der Waals surface area contributed by atoms with Crippen LogP contribution in [0.25, 0.3) is 0 Å². The molecule has 0 fully saturated rings. The van der Waals surface area contributed by atoms with Gasteiger partial charge in [0.05, 0.1) is 14.2 Å². The van der Waals surface area contributed by atoms with Crippen LogP contribution in [0.1, 0.15) is 24.5 Å². The summed E-state index contributed by atoms with van der Waals surface area (Å²) in [7, 11) is 3.38. The fraction of sp³-hybridized carbons (Fsp3) is 0.625. The van der Waals surface area contributed by atoms with Crippen molar-refractivity contribution in [3.05, 3.63) is 23.3 Å². The van der Waals surface area contributed by atoms with E-state index in [0.717, 1.165) is 44.1 Å². The third kappa shape index (κ3) is 3.44. The summed E-state index contributed by atoms with van der Waals surface area (Å²) in [6.45, 7) is 6.21. The second-order valence-electron chi connectivity index (χ2n) is 5.63. The van der Waals surface area contributed by atoms with Crippen LogP contribution >= 0.6 is 0 Å². The molecule has 1 unspecified atom stereocenters. The van der Waals surface area contributed by atoms with E-state index < -0.39 is 0 Å². The Morgan fingerprint density at radius 1 is 1.20 bits per heavy atom. The minimum atomic E-state index is 0.599. The minimum Gasteiger partial charge on any atom is -0.493 e. The summed E-state index contributed by atoms with van der Waals surface area (Å²) < 4.78 is 10.8. The van der Waals surface area contributed by atoms with Gasteiger partial charge in [-0.25, -0.2) is 0 Å². The molecule has 0 bridgehead atoms. The maximum Gasteiger partial charge on any atom is 0.161 e. The van der Waals surface area contributed by atoms with Crippen molar-refractivity contribution in [2.75, 3.05) is 33.9 Å². The molecular weight excluding hydrogens is 252 g/mol. The predicted octanol–water partition coefficient (Wildman–Crippen LogP) is 2.05. The van der Waals surface area contributed by atoms with Crippen LogP contribution in [0.2, 0.25) is 0 Å². The second kappa shape index (κ2) is 6.95. The Balaban J connectivity index is 2.05. The zero-order chi connectivity index (χ0) is 14.5. The molecule has 0 aromatic heterocycles. The predicted molar refractivity (Wildman–Crippen MR) is 81.4 cm³/mol. The fourth-order valence-electron chi connectivity index (χ4n) is 2.65. The Labute approximate surface area is 121 Å². The number of hydrogen-bond donors (Lipinski definition) is 1. The monoisotopic (exact) mass is 278 g/mol. The molecule has 4 nitrogen and oxygen atoms in total. The molecule has 0 saturated heterocycles. The first-order valence-corrected chi connectivity index (χ1v) is 7.34. The van der Waals surface area contributed by atoms with E-state index in [1.165, 1.54) is 17.5 Å². The highest BCUT2D eigenvalue weighted by molar-refractivity contribution is 5.48. The highest BCUT2D eigenvalue weighted by atomic mass is 16.5. The van der Waals surface area contributed by atoms with Crippen LogP contribution < -0.4 is 15.2 Å². The van der Waals surface area contributed by atoms with Gasteiger partial charge in [-0.05, 0) is 55.1 Å². The maximum absolute atomic E-state index is 5.69. The molecule has 20 heavy (non-hydrogen) atoms. The first-order chi connectivity index (χ1) is 9.67. The average Bonchev–Trinajstić information content (AvgIpc) is 2.50. The Kier molecular flexibility index (Phi) is 5.26. The van der Waals surface area contributed by atoms with Gasteiger partial charge in [-0.2, -0.15) is 0 Å². The minimum absolute atomic E-state index is 0.599. The SMILES string of the molecule is COc1cc2c(cc1OC)CN(CCC(C)CN)CC2. The summed E-state index contributed by atoms with van der Waals surface area (Å²) in [6, 6.07) is 4.24. The summed E-state index contributed by atoms with van der Waals surface area (Å²) >= 11 is 0. The van der Waals surface area contributed by atoms with Gasteiger partial charge in [-0.3, -0.25) is 4.90 Å². The summed E-state index contributed by atoms with van der Waals surface area (Å²) in [6.07, 6.45) is 2.24. The van der Waals surface area contributed by atoms with Gasteiger partial charge >= 0.3 is 0 Å². The Morgan fingerprint density at radius 3 is 2.45 bits per heavy atom. The number of rotatable bonds is 6. The van der Waals surface area contributed by atoms with Crippen molar-refractivity contribution in [2.24, 2.45) is 11.7 Å². The third-order valence-corrected chi connectivity index (χ3v) is 4.14. The van der Waals surface area contributed by atoms with Gasteiger partial charge in [0, 0.05) is 13.1 Å². The number of ether oxygens (including phenoxy) is 2. The van der Waals surface area contributed by atoms with Crippen LogP contribution in [0.3, 0.4) is 0 Å². The lowest BCUT2D eigenvalue weighted by Crippen LogP contribution is -2.32. The average molecular weight is 278 g/mol. The Bertz CT molecular complexity index is 448. The number of nitrogens with two attached hydrogens (primary N) is 1. The highest BCUT2D eigenvalue weighted by Gasteiger charge is 2.19. The highest BCUT2D eigenvalue weighted by Crippen LogP contribution is 2.33. The smallest absolute Gasteiger partial charge is 0.161 e. The molecule has 1 aliphatic rings. The van der Waals surface area contributed by atoms with E-state index >= 15 is 0 Å². The van der Waals surface area contributed by atoms with Gasteiger partial charge in [-0.1, -0.05) is 6.92 Å². The lowest BCUT2D eigenvalue weighted by molar-refractivity contribution is 0.236. The van der Waals surface area contributed by atoms with Crippen LogP contribution in [0, 0.1) is 5.92 Å². The van der Waals surface area contributed by atoms with E-state index in [9.17, 15) is 0 Å². The molecule has 1 aliphatic heterocycles. The third-order valence-electron chi connectivity index (χ3n) is 4.14. The molecule has 1 heterocycles. The van der Waals surface area contributed by atoms with Crippen molar-refractivity contribution >= 4 is 0 Å². The van der Waals surface area contributed by atoms with Gasteiger partial charge in [0.25, 0.3) is 0 Å². The number of nitrogens with zero attached hydrogens (tertiary/aromatic N) is 1. The van der Waals surface area contributed by atoms with Crippen molar-refractivity contribution in [1.82, 2.24) is 4.90 Å². The molecule has 0 spiro atoms. The molecular formula is C16H26N2O2. The lowest BCUT2D eigenvalue weighted by Gasteiger charge is -2.30. The number of benzene rings is 1. The molecule has 1 atom stereocenters. The van der Waals surface area contributed by atoms with E-state index in [-0.39, 0.29) is 0 Å². The summed E-state index contributed by atoms with van der Waals surface area (Å²) in [5, 5.41) is 0. The van der Waals surface area contributed by atoms with Gasteiger partial charge in [0.2, 0.25) is 0 Å². The quantitative estimate of drug-likeness (QED) is 0.865. The van der Waals surface area contributed by atoms with Crippen molar-refractivity contribution in [3.8, 4) is 11.5 Å². The molecule has 0 radical (unpaired) electrons. The van der Waals surface area contributed by atoms with Crippen LogP contribution in [-0.2, 0) is 13.0 Å². The largest absolute Gasteiger partial charge is 0.493 e. The van der Waals surface area contributed by atoms with Crippen LogP contribution in [0.4, 0.5) is 0 Å². The van der Waals surface area contributed by atoms with Crippen molar-refractivity contribution in [1.29, 1.82) is 0 Å². The van der Waals surface area contributed by atoms with Gasteiger partial charge in [-0.15, -0.1) is 0 Å². The summed E-state index contributed by atoms with van der Waals surface area (Å²) in [5.41, 5.74) is 8.42. The first kappa shape index (κ1) is 15.1. The second-order valence-corrected chi connectivity index (χ2v) is 5.63. The van der Waals surface area contributed by atoms with Crippen LogP contribution in [0.5, 0.6) is 11.5 Å². The van der Waals surface area contributed by atoms with Crippen molar-refractivity contribution < 1.29 is 9.47 Å². The van der Waals surface area contributed by atoms with E-state index in [4.69, 9.17) is 15.2 Å². The molecule has 0 aliphatic carbocycles. The molecule has 4 heteroatoms.